The first kappa shape index (κ1) is 56.4. The highest BCUT2D eigenvalue weighted by Gasteiger charge is 2.36. The highest BCUT2D eigenvalue weighted by molar-refractivity contribution is 6.14. The van der Waals surface area contributed by atoms with E-state index in [1.807, 2.05) is 231 Å². The van der Waals surface area contributed by atoms with Crippen LogP contribution in [0.1, 0.15) is 5.56 Å². The van der Waals surface area contributed by atoms with Crippen LogP contribution in [0.4, 0.5) is 24.5 Å². The molecule has 0 fully saturated rings. The minimum absolute atomic E-state index is 0.0427. The van der Waals surface area contributed by atoms with Crippen LogP contribution >= 0.6 is 0 Å². The number of benzene rings is 10. The van der Waals surface area contributed by atoms with Crippen LogP contribution in [0.3, 0.4) is 0 Å². The maximum atomic E-state index is 15.6. The van der Waals surface area contributed by atoms with E-state index in [1.54, 1.807) is 12.1 Å². The second-order valence-corrected chi connectivity index (χ2v) is 23.0. The molecule has 0 saturated carbocycles. The Balaban J connectivity index is 0.995. The Morgan fingerprint density at radius 1 is 0.277 bits per heavy atom. The molecule has 0 N–H and O–H groups in total. The summed E-state index contributed by atoms with van der Waals surface area (Å²) in [5, 5.41) is 3.35. The lowest BCUT2D eigenvalue weighted by molar-refractivity contribution is -0.137. The zero-order valence-electron chi connectivity index (χ0n) is 50.0. The average Bonchev–Trinajstić information content (AvgIpc) is 1.53. The molecule has 16 rings (SSSR count). The van der Waals surface area contributed by atoms with Crippen molar-refractivity contribution in [2.24, 2.45) is 0 Å². The van der Waals surface area contributed by atoms with E-state index in [9.17, 15) is 0 Å². The number of fused-ring (bicyclic) bond motifs is 6. The van der Waals surface area contributed by atoms with Gasteiger partial charge in [-0.05, 0) is 120 Å². The van der Waals surface area contributed by atoms with E-state index in [-0.39, 0.29) is 22.5 Å². The summed E-state index contributed by atoms with van der Waals surface area (Å²) in [6, 6.07) is 95.9. The third kappa shape index (κ3) is 10.1. The van der Waals surface area contributed by atoms with E-state index in [0.29, 0.717) is 11.4 Å². The standard InChI is InChI=1S/C83H49F3N8/c1-87-74-37-15-28-65(83(84,85)86)82(74)64-50-80(93-76-42-38-56(70-33-16-29-66(89-70)52-20-7-3-8-21-52)46-60(76)61-47-57(39-43-77(61)93)71-34-17-30-67(90-71)53-22-9-4-10-23-53)81(51-75(64)88-2)94-78-44-40-58(72-35-18-31-68(91-72)54-24-11-5-12-25-54)48-62(78)63-49-59(41-45-79(63)94)73-36-19-32-69(92-73)55-26-13-6-14-27-55/h3-51H. The molecular formula is C83H49F3N8. The predicted molar refractivity (Wildman–Crippen MR) is 373 cm³/mol. The van der Waals surface area contributed by atoms with Crippen molar-refractivity contribution in [3.05, 3.63) is 326 Å². The zero-order valence-corrected chi connectivity index (χ0v) is 50.0. The van der Waals surface area contributed by atoms with E-state index in [4.69, 9.17) is 33.1 Å². The largest absolute Gasteiger partial charge is 0.415 e. The first-order valence-corrected chi connectivity index (χ1v) is 30.6. The molecule has 0 bridgehead atoms. The molecule has 6 aromatic heterocycles. The Kier molecular flexibility index (Phi) is 13.9. The lowest BCUT2D eigenvalue weighted by Crippen LogP contribution is -2.08. The number of rotatable bonds is 11. The monoisotopic (exact) mass is 1210 g/mol. The summed E-state index contributed by atoms with van der Waals surface area (Å²) in [5.74, 6) is 0. The van der Waals surface area contributed by atoms with E-state index in [2.05, 4.69) is 55.2 Å². The molecular weight excluding hydrogens is 1170 g/mol. The summed E-state index contributed by atoms with van der Waals surface area (Å²) in [6.07, 6.45) is -4.89. The molecule has 0 radical (unpaired) electrons. The fourth-order valence-electron chi connectivity index (χ4n) is 13.0. The summed E-state index contributed by atoms with van der Waals surface area (Å²) in [7, 11) is 0. The lowest BCUT2D eigenvalue weighted by atomic mass is 9.94. The van der Waals surface area contributed by atoms with Crippen LogP contribution in [0.2, 0.25) is 0 Å². The van der Waals surface area contributed by atoms with Crippen molar-refractivity contribution in [3.63, 3.8) is 0 Å². The third-order valence-electron chi connectivity index (χ3n) is 17.4. The van der Waals surface area contributed by atoms with Crippen LogP contribution in [0.5, 0.6) is 0 Å². The van der Waals surface area contributed by atoms with Crippen LogP contribution in [0.25, 0.3) is 166 Å². The van der Waals surface area contributed by atoms with Crippen molar-refractivity contribution in [2.45, 2.75) is 6.18 Å². The maximum Gasteiger partial charge on any atom is 0.415 e. The zero-order chi connectivity index (χ0) is 63.4. The van der Waals surface area contributed by atoms with Gasteiger partial charge in [-0.3, -0.25) is 0 Å². The van der Waals surface area contributed by atoms with Gasteiger partial charge in [-0.2, -0.15) is 13.2 Å². The molecule has 0 saturated heterocycles. The van der Waals surface area contributed by atoms with Crippen molar-refractivity contribution in [1.29, 1.82) is 0 Å². The van der Waals surface area contributed by atoms with Gasteiger partial charge < -0.3 is 9.13 Å². The smallest absolute Gasteiger partial charge is 0.308 e. The molecule has 11 heteroatoms. The minimum atomic E-state index is -4.89. The fourth-order valence-corrected chi connectivity index (χ4v) is 13.0. The van der Waals surface area contributed by atoms with Crippen LogP contribution in [-0.4, -0.2) is 29.1 Å². The molecule has 442 valence electrons. The minimum Gasteiger partial charge on any atom is -0.308 e. The van der Waals surface area contributed by atoms with Crippen molar-refractivity contribution < 1.29 is 13.2 Å². The summed E-state index contributed by atoms with van der Waals surface area (Å²) in [4.78, 5) is 28.6. The molecule has 0 aliphatic carbocycles. The van der Waals surface area contributed by atoms with Gasteiger partial charge in [-0.15, -0.1) is 0 Å². The summed E-state index contributed by atoms with van der Waals surface area (Å²) < 4.78 is 51.1. The fraction of sp³-hybridized carbons (Fsp3) is 0.0120. The van der Waals surface area contributed by atoms with Crippen LogP contribution in [0.15, 0.2) is 297 Å². The number of hydrogen-bond acceptors (Lipinski definition) is 4. The molecule has 94 heavy (non-hydrogen) atoms. The average molecular weight is 1220 g/mol. The molecule has 0 unspecified atom stereocenters. The van der Waals surface area contributed by atoms with E-state index in [1.165, 1.54) is 12.1 Å². The van der Waals surface area contributed by atoms with Gasteiger partial charge in [0.1, 0.15) is 0 Å². The molecule has 0 aliphatic heterocycles. The number of alkyl halides is 3. The Morgan fingerprint density at radius 3 is 0.862 bits per heavy atom. The third-order valence-corrected chi connectivity index (χ3v) is 17.4. The molecule has 10 aromatic carbocycles. The Labute approximate surface area is 538 Å². The van der Waals surface area contributed by atoms with Gasteiger partial charge in [-0.25, -0.2) is 29.6 Å². The van der Waals surface area contributed by atoms with E-state index >= 15 is 13.2 Å². The summed E-state index contributed by atoms with van der Waals surface area (Å²) >= 11 is 0. The lowest BCUT2D eigenvalue weighted by Gasteiger charge is -2.22. The van der Waals surface area contributed by atoms with Gasteiger partial charge >= 0.3 is 6.18 Å². The number of nitrogens with zero attached hydrogens (tertiary/aromatic N) is 8. The number of hydrogen-bond donors (Lipinski definition) is 0. The van der Waals surface area contributed by atoms with Crippen molar-refractivity contribution in [1.82, 2.24) is 29.1 Å². The number of halogens is 3. The van der Waals surface area contributed by atoms with Crippen molar-refractivity contribution in [3.8, 4) is 113 Å². The van der Waals surface area contributed by atoms with Gasteiger partial charge in [0.25, 0.3) is 0 Å². The normalized spacial score (nSPS) is 11.5. The van der Waals surface area contributed by atoms with Crippen molar-refractivity contribution in [2.75, 3.05) is 0 Å². The van der Waals surface area contributed by atoms with Crippen LogP contribution < -0.4 is 0 Å². The summed E-state index contributed by atoms with van der Waals surface area (Å²) in [6.45, 7) is 17.3. The number of aromatic nitrogens is 6. The molecule has 0 atom stereocenters. The van der Waals surface area contributed by atoms with Crippen LogP contribution in [-0.2, 0) is 6.18 Å². The first-order valence-electron chi connectivity index (χ1n) is 30.6. The Bertz CT molecular complexity index is 5470. The van der Waals surface area contributed by atoms with Crippen LogP contribution in [0, 0.1) is 13.1 Å². The molecule has 0 spiro atoms. The van der Waals surface area contributed by atoms with Gasteiger partial charge in [0.15, 0.2) is 11.4 Å². The van der Waals surface area contributed by atoms with Gasteiger partial charge in [-0.1, -0.05) is 188 Å². The van der Waals surface area contributed by atoms with E-state index < -0.39 is 11.7 Å². The van der Waals surface area contributed by atoms with Gasteiger partial charge in [0.05, 0.1) is 97.7 Å². The molecule has 16 aromatic rings. The van der Waals surface area contributed by atoms with Crippen molar-refractivity contribution >= 4 is 55.0 Å². The summed E-state index contributed by atoms with van der Waals surface area (Å²) in [5.41, 5.74) is 15.6. The maximum absolute atomic E-state index is 15.6. The quantitative estimate of drug-likeness (QED) is 0.121. The highest BCUT2D eigenvalue weighted by atomic mass is 19.4. The first-order chi connectivity index (χ1) is 46.1. The van der Waals surface area contributed by atoms with E-state index in [0.717, 1.165) is 140 Å². The number of pyridine rings is 4. The second-order valence-electron chi connectivity index (χ2n) is 23.0. The predicted octanol–water partition coefficient (Wildman–Crippen LogP) is 22.6. The Hall–Kier alpha value is -12.8. The molecule has 8 nitrogen and oxygen atoms in total. The second kappa shape index (κ2) is 23.2. The molecule has 0 aliphatic rings. The molecule has 0 amide bonds. The van der Waals surface area contributed by atoms with Gasteiger partial charge in [0, 0.05) is 66.1 Å². The Morgan fingerprint density at radius 2 is 0.564 bits per heavy atom. The SMILES string of the molecule is [C-]#[N+]c1cc(-n2c3ccc(-c4cccc(-c5ccccc5)n4)cc3c3cc(-c4cccc(-c5ccccc5)n4)ccc32)c(-n2c3ccc(-c4cccc(-c5ccccc5)n4)cc3c3cc(-c4cccc(-c5ccccc5)n4)ccc32)cc1-c1c([N+]#[C-])cccc1C(F)(F)F. The topological polar surface area (TPSA) is 70.1 Å². The molecule has 6 heterocycles. The highest BCUT2D eigenvalue weighted by Crippen LogP contribution is 2.50. The van der Waals surface area contributed by atoms with Gasteiger partial charge in [0.2, 0.25) is 0 Å².